The lowest BCUT2D eigenvalue weighted by atomic mass is 9.97. The van der Waals surface area contributed by atoms with Crippen LogP contribution in [0.2, 0.25) is 0 Å². The Hall–Kier alpha value is -2.21. The van der Waals surface area contributed by atoms with Gasteiger partial charge < -0.3 is 4.42 Å². The van der Waals surface area contributed by atoms with Crippen molar-refractivity contribution < 1.29 is 17.6 Å². The van der Waals surface area contributed by atoms with Crippen LogP contribution in [0.25, 0.3) is 11.5 Å². The summed E-state index contributed by atoms with van der Waals surface area (Å²) in [5.41, 5.74) is 0.780. The van der Waals surface area contributed by atoms with E-state index >= 15 is 0 Å². The molecule has 11 heteroatoms. The predicted octanol–water partition coefficient (Wildman–Crippen LogP) is 3.56. The third-order valence-electron chi connectivity index (χ3n) is 4.89. The zero-order chi connectivity index (χ0) is 21.1. The fourth-order valence-electron chi connectivity index (χ4n) is 3.25. The van der Waals surface area contributed by atoms with Gasteiger partial charge in [0.05, 0.1) is 0 Å². The summed E-state index contributed by atoms with van der Waals surface area (Å²) in [4.78, 5) is 13.7. The minimum absolute atomic E-state index is 0.0400. The number of thioether (sulfide) groups is 1. The molecule has 1 fully saturated rings. The number of hydrogen-bond acceptors (Lipinski definition) is 8. The quantitative estimate of drug-likeness (QED) is 0.556. The molecule has 158 valence electrons. The van der Waals surface area contributed by atoms with Gasteiger partial charge in [0.25, 0.3) is 10.0 Å². The maximum Gasteiger partial charge on any atom is 0.322 e. The number of hydrogen-bond donors (Lipinski definition) is 1. The van der Waals surface area contributed by atoms with Crippen molar-refractivity contribution >= 4 is 45.0 Å². The third-order valence-corrected chi connectivity index (χ3v) is 8.88. The number of benzene rings is 1. The number of nitrogens with zero attached hydrogens (tertiary/aromatic N) is 3. The van der Waals surface area contributed by atoms with Crippen LogP contribution in [0.1, 0.15) is 12.8 Å². The topological polar surface area (TPSA) is 105 Å². The van der Waals surface area contributed by atoms with Crippen molar-refractivity contribution in [2.45, 2.75) is 21.9 Å². The van der Waals surface area contributed by atoms with E-state index in [1.807, 2.05) is 30.5 Å². The number of aromatic nitrogens is 2. The second-order valence-corrected chi connectivity index (χ2v) is 10.7. The van der Waals surface area contributed by atoms with E-state index in [-0.39, 0.29) is 17.8 Å². The summed E-state index contributed by atoms with van der Waals surface area (Å²) in [6, 6.07) is 11.0. The van der Waals surface area contributed by atoms with Crippen molar-refractivity contribution in [3.63, 3.8) is 0 Å². The highest BCUT2D eigenvalue weighted by atomic mass is 32.2. The monoisotopic (exact) mass is 464 g/mol. The van der Waals surface area contributed by atoms with Crippen LogP contribution in [0.3, 0.4) is 0 Å². The summed E-state index contributed by atoms with van der Waals surface area (Å²) in [5, 5.41) is 12.3. The van der Waals surface area contributed by atoms with Crippen molar-refractivity contribution in [2.75, 3.05) is 24.7 Å². The lowest BCUT2D eigenvalue weighted by Gasteiger charge is -2.29. The van der Waals surface area contributed by atoms with Gasteiger partial charge in [-0.25, -0.2) is 8.42 Å². The molecular formula is C19H20N4O4S3. The molecule has 8 nitrogen and oxygen atoms in total. The van der Waals surface area contributed by atoms with Crippen molar-refractivity contribution in [1.82, 2.24) is 14.5 Å². The van der Waals surface area contributed by atoms with Crippen LogP contribution in [0.4, 0.5) is 6.01 Å². The molecule has 0 bridgehead atoms. The molecule has 0 spiro atoms. The van der Waals surface area contributed by atoms with Crippen LogP contribution in [0.15, 0.2) is 55.3 Å². The molecule has 0 atom stereocenters. The molecule has 1 N–H and O–H groups in total. The molecule has 1 aromatic carbocycles. The van der Waals surface area contributed by atoms with Crippen LogP contribution < -0.4 is 5.32 Å². The van der Waals surface area contributed by atoms with E-state index in [1.165, 1.54) is 15.6 Å². The molecule has 0 saturated carbocycles. The zero-order valence-corrected chi connectivity index (χ0v) is 18.6. The molecule has 3 heterocycles. The van der Waals surface area contributed by atoms with Crippen LogP contribution >= 0.6 is 23.1 Å². The number of carbonyl (C=O) groups is 1. The highest BCUT2D eigenvalue weighted by Crippen LogP contribution is 2.28. The molecule has 1 saturated heterocycles. The normalized spacial score (nSPS) is 15.9. The van der Waals surface area contributed by atoms with Crippen LogP contribution in [-0.2, 0) is 14.8 Å². The largest absolute Gasteiger partial charge is 0.403 e. The van der Waals surface area contributed by atoms with E-state index in [9.17, 15) is 13.2 Å². The SMILES string of the molecule is CSc1cccc(-c2nnc(NC(=O)C3CCN(S(=O)(=O)c4cccs4)CC3)o2)c1. The predicted molar refractivity (Wildman–Crippen MR) is 116 cm³/mol. The Labute approximate surface area is 182 Å². The van der Waals surface area contributed by atoms with Gasteiger partial charge in [-0.05, 0) is 48.7 Å². The van der Waals surface area contributed by atoms with Gasteiger partial charge in [-0.1, -0.05) is 17.2 Å². The van der Waals surface area contributed by atoms with Gasteiger partial charge in [0.15, 0.2) is 0 Å². The molecule has 0 aliphatic carbocycles. The second-order valence-electron chi connectivity index (χ2n) is 6.74. The lowest BCUT2D eigenvalue weighted by Crippen LogP contribution is -2.41. The summed E-state index contributed by atoms with van der Waals surface area (Å²) in [6.07, 6.45) is 2.86. The Balaban J connectivity index is 1.36. The number of rotatable bonds is 6. The number of amides is 1. The third kappa shape index (κ3) is 4.43. The molecule has 1 aliphatic rings. The second kappa shape index (κ2) is 8.88. The van der Waals surface area contributed by atoms with E-state index in [1.54, 1.807) is 29.3 Å². The molecule has 4 rings (SSSR count). The van der Waals surface area contributed by atoms with E-state index in [0.717, 1.165) is 10.5 Å². The van der Waals surface area contributed by atoms with Crippen LogP contribution in [0, 0.1) is 5.92 Å². The number of nitrogens with one attached hydrogen (secondary N) is 1. The molecule has 0 unspecified atom stereocenters. The Kier molecular flexibility index (Phi) is 6.23. The van der Waals surface area contributed by atoms with Gasteiger partial charge >= 0.3 is 6.01 Å². The first-order valence-corrected chi connectivity index (χ1v) is 12.8. The minimum atomic E-state index is -3.48. The minimum Gasteiger partial charge on any atom is -0.403 e. The number of piperidine rings is 1. The molecule has 2 aromatic heterocycles. The number of anilines is 1. The van der Waals surface area contributed by atoms with Crippen molar-refractivity contribution in [3.05, 3.63) is 41.8 Å². The molecule has 1 aliphatic heterocycles. The summed E-state index contributed by atoms with van der Waals surface area (Å²) < 4.78 is 32.6. The van der Waals surface area contributed by atoms with Crippen molar-refractivity contribution in [1.29, 1.82) is 0 Å². The van der Waals surface area contributed by atoms with E-state index in [4.69, 9.17) is 4.42 Å². The first-order chi connectivity index (χ1) is 14.5. The maximum atomic E-state index is 12.6. The number of sulfonamides is 1. The van der Waals surface area contributed by atoms with Gasteiger partial charge in [-0.2, -0.15) is 4.31 Å². The van der Waals surface area contributed by atoms with Gasteiger partial charge in [0.2, 0.25) is 11.8 Å². The van der Waals surface area contributed by atoms with E-state index in [2.05, 4.69) is 15.5 Å². The van der Waals surface area contributed by atoms with Gasteiger partial charge in [-0.3, -0.25) is 10.1 Å². The summed E-state index contributed by atoms with van der Waals surface area (Å²) in [6.45, 7) is 0.601. The van der Waals surface area contributed by atoms with Crippen molar-refractivity contribution in [3.8, 4) is 11.5 Å². The standard InChI is InChI=1S/C19H20N4O4S3/c1-28-15-5-2-4-14(12-15)18-21-22-19(27-18)20-17(24)13-7-9-23(10-8-13)30(25,26)16-6-3-11-29-16/h2-6,11-13H,7-10H2,1H3,(H,20,22,24). The van der Waals surface area contributed by atoms with Gasteiger partial charge in [-0.15, -0.1) is 28.2 Å². The number of carbonyl (C=O) groups excluding carboxylic acids is 1. The first-order valence-electron chi connectivity index (χ1n) is 9.30. The first kappa shape index (κ1) is 21.0. The fraction of sp³-hybridized carbons (Fsp3) is 0.316. The average Bonchev–Trinajstić information content (AvgIpc) is 3.47. The summed E-state index contributed by atoms with van der Waals surface area (Å²) >= 11 is 2.81. The van der Waals surface area contributed by atoms with E-state index < -0.39 is 10.0 Å². The smallest absolute Gasteiger partial charge is 0.322 e. The fourth-order valence-corrected chi connectivity index (χ4v) is 6.32. The molecular weight excluding hydrogens is 444 g/mol. The number of thiophene rings is 1. The Bertz CT molecular complexity index is 1120. The maximum absolute atomic E-state index is 12.6. The Morgan fingerprint density at radius 2 is 2.03 bits per heavy atom. The Morgan fingerprint density at radius 3 is 2.73 bits per heavy atom. The molecule has 1 amide bonds. The highest BCUT2D eigenvalue weighted by molar-refractivity contribution is 7.98. The van der Waals surface area contributed by atoms with Crippen molar-refractivity contribution in [2.24, 2.45) is 5.92 Å². The van der Waals surface area contributed by atoms with Gasteiger partial charge in [0.1, 0.15) is 4.21 Å². The summed E-state index contributed by atoms with van der Waals surface area (Å²) in [7, 11) is -3.48. The molecule has 3 aromatic rings. The van der Waals surface area contributed by atoms with Crippen LogP contribution in [-0.4, -0.2) is 48.2 Å². The van der Waals surface area contributed by atoms with E-state index in [0.29, 0.717) is 36.0 Å². The average molecular weight is 465 g/mol. The Morgan fingerprint density at radius 1 is 1.23 bits per heavy atom. The zero-order valence-electron chi connectivity index (χ0n) is 16.1. The summed E-state index contributed by atoms with van der Waals surface area (Å²) in [5.74, 6) is -0.218. The molecule has 0 radical (unpaired) electrons. The van der Waals surface area contributed by atoms with Crippen LogP contribution in [0.5, 0.6) is 0 Å². The highest BCUT2D eigenvalue weighted by Gasteiger charge is 2.33. The molecule has 30 heavy (non-hydrogen) atoms. The lowest BCUT2D eigenvalue weighted by molar-refractivity contribution is -0.121. The van der Waals surface area contributed by atoms with Gasteiger partial charge in [0, 0.05) is 29.5 Å².